The Morgan fingerprint density at radius 1 is 0.973 bits per heavy atom. The number of benzene rings is 2. The second-order valence-corrected chi connectivity index (χ2v) is 12.6. The molecule has 7 heteroatoms. The Labute approximate surface area is 223 Å². The van der Waals surface area contributed by atoms with Gasteiger partial charge in [0.05, 0.1) is 6.10 Å². The third kappa shape index (κ3) is 4.74. The lowest BCUT2D eigenvalue weighted by Gasteiger charge is -2.60. The van der Waals surface area contributed by atoms with Crippen LogP contribution in [0.1, 0.15) is 59.3 Å². The summed E-state index contributed by atoms with van der Waals surface area (Å²) in [7, 11) is 0. The number of fused-ring (bicyclic) bond motifs is 2. The number of anilines is 1. The average Bonchev–Trinajstić information content (AvgIpc) is 3.13. The van der Waals surface area contributed by atoms with Gasteiger partial charge in [0.15, 0.2) is 11.9 Å². The first-order valence-corrected chi connectivity index (χ1v) is 14.5. The maximum absolute atomic E-state index is 12.9. The summed E-state index contributed by atoms with van der Waals surface area (Å²) in [6, 6.07) is 18.3. The Bertz CT molecular complexity index is 1110. The van der Waals surface area contributed by atoms with E-state index in [1.54, 1.807) is 11.8 Å². The molecule has 4 saturated heterocycles. The first-order valence-electron chi connectivity index (χ1n) is 13.7. The summed E-state index contributed by atoms with van der Waals surface area (Å²) in [5.74, 6) is 0.674. The summed E-state index contributed by atoms with van der Waals surface area (Å²) in [5, 5.41) is 3.06. The summed E-state index contributed by atoms with van der Waals surface area (Å²) in [6.45, 7) is 6.52. The van der Waals surface area contributed by atoms with Crippen molar-refractivity contribution in [2.75, 3.05) is 5.32 Å². The molecule has 7 rings (SSSR count). The fourth-order valence-corrected chi connectivity index (χ4v) is 7.87. The minimum Gasteiger partial charge on any atom is -0.346 e. The van der Waals surface area contributed by atoms with Crippen LogP contribution in [0.25, 0.3) is 0 Å². The van der Waals surface area contributed by atoms with Gasteiger partial charge in [0.1, 0.15) is 0 Å². The van der Waals surface area contributed by atoms with Crippen LogP contribution in [-0.4, -0.2) is 29.7 Å². The predicted molar refractivity (Wildman–Crippen MR) is 142 cm³/mol. The summed E-state index contributed by atoms with van der Waals surface area (Å²) in [4.78, 5) is 27.3. The number of rotatable bonds is 6. The van der Waals surface area contributed by atoms with Gasteiger partial charge in [-0.15, -0.1) is 0 Å². The smallest absolute Gasteiger partial charge is 0.224 e. The first kappa shape index (κ1) is 25.4. The van der Waals surface area contributed by atoms with Gasteiger partial charge in [-0.1, -0.05) is 43.8 Å². The van der Waals surface area contributed by atoms with Crippen molar-refractivity contribution in [3.8, 4) is 0 Å². The lowest BCUT2D eigenvalue weighted by atomic mass is 9.57. The van der Waals surface area contributed by atoms with Crippen LogP contribution >= 0.6 is 11.8 Å². The van der Waals surface area contributed by atoms with Gasteiger partial charge in [-0.05, 0) is 86.8 Å². The maximum atomic E-state index is 12.9. The van der Waals surface area contributed by atoms with Crippen molar-refractivity contribution in [1.82, 2.24) is 0 Å². The summed E-state index contributed by atoms with van der Waals surface area (Å²) >= 11 is 1.71. The SMILES string of the molecule is C[C@H]1[C@@H](CCC(=O)Nc2ccc(Sc3ccccc3)cc2)O[C@@H]2O[C@@]3(C)CC[C@H]4[C@H](C)CC[C@@H]1[C@@]24OO3. The highest BCUT2D eigenvalue weighted by molar-refractivity contribution is 7.99. The van der Waals surface area contributed by atoms with Gasteiger partial charge >= 0.3 is 0 Å². The number of carbonyl (C=O) groups excluding carboxylic acids is 1. The van der Waals surface area contributed by atoms with E-state index in [9.17, 15) is 4.79 Å². The topological polar surface area (TPSA) is 66.0 Å². The Balaban J connectivity index is 1.08. The molecule has 0 unspecified atom stereocenters. The number of nitrogens with one attached hydrogen (secondary N) is 1. The minimum atomic E-state index is -0.773. The molecule has 1 aliphatic carbocycles. The highest BCUT2D eigenvalue weighted by Crippen LogP contribution is 2.60. The van der Waals surface area contributed by atoms with Crippen LogP contribution < -0.4 is 5.32 Å². The van der Waals surface area contributed by atoms with E-state index in [4.69, 9.17) is 19.2 Å². The minimum absolute atomic E-state index is 0.00421. The molecule has 1 N–H and O–H groups in total. The normalized spacial score (nSPS) is 38.5. The van der Waals surface area contributed by atoms with E-state index in [-0.39, 0.29) is 23.8 Å². The summed E-state index contributed by atoms with van der Waals surface area (Å²) in [5.41, 5.74) is 0.261. The second-order valence-electron chi connectivity index (χ2n) is 11.5. The molecule has 4 heterocycles. The molecule has 4 aliphatic heterocycles. The van der Waals surface area contributed by atoms with E-state index in [0.717, 1.165) is 29.8 Å². The van der Waals surface area contributed by atoms with Crippen molar-refractivity contribution in [1.29, 1.82) is 0 Å². The van der Waals surface area contributed by atoms with Gasteiger partial charge < -0.3 is 14.8 Å². The number of carbonyl (C=O) groups is 1. The quantitative estimate of drug-likeness (QED) is 0.420. The molecule has 2 aromatic rings. The Morgan fingerprint density at radius 2 is 1.73 bits per heavy atom. The maximum Gasteiger partial charge on any atom is 0.224 e. The fourth-order valence-electron chi connectivity index (χ4n) is 7.04. The van der Waals surface area contributed by atoms with Crippen molar-refractivity contribution in [3.63, 3.8) is 0 Å². The van der Waals surface area contributed by atoms with Gasteiger partial charge in [-0.2, -0.15) is 0 Å². The monoisotopic (exact) mass is 523 g/mol. The lowest BCUT2D eigenvalue weighted by Crippen LogP contribution is -2.70. The molecule has 8 atom stereocenters. The number of ether oxygens (including phenoxy) is 2. The number of hydrogen-bond donors (Lipinski definition) is 1. The van der Waals surface area contributed by atoms with E-state index in [1.165, 1.54) is 11.3 Å². The van der Waals surface area contributed by atoms with Crippen molar-refractivity contribution < 1.29 is 24.0 Å². The fraction of sp³-hybridized carbons (Fsp3) is 0.567. The van der Waals surface area contributed by atoms with Gasteiger partial charge in [-0.25, -0.2) is 9.78 Å². The molecule has 1 spiro atoms. The zero-order valence-corrected chi connectivity index (χ0v) is 22.7. The van der Waals surface area contributed by atoms with Crippen LogP contribution in [0.3, 0.4) is 0 Å². The molecule has 37 heavy (non-hydrogen) atoms. The summed E-state index contributed by atoms with van der Waals surface area (Å²) < 4.78 is 13.1. The molecule has 6 nitrogen and oxygen atoms in total. The number of hydrogen-bond acceptors (Lipinski definition) is 6. The highest BCUT2D eigenvalue weighted by atomic mass is 32.2. The van der Waals surface area contributed by atoms with E-state index in [1.807, 2.05) is 49.4 Å². The van der Waals surface area contributed by atoms with E-state index >= 15 is 0 Å². The van der Waals surface area contributed by atoms with E-state index < -0.39 is 17.7 Å². The van der Waals surface area contributed by atoms with Crippen LogP contribution in [0, 0.1) is 23.7 Å². The zero-order chi connectivity index (χ0) is 25.6. The lowest BCUT2D eigenvalue weighted by molar-refractivity contribution is -0.571. The van der Waals surface area contributed by atoms with Crippen LogP contribution in [0.15, 0.2) is 64.4 Å². The molecule has 2 aromatic carbocycles. The Morgan fingerprint density at radius 3 is 2.51 bits per heavy atom. The van der Waals surface area contributed by atoms with Gasteiger partial charge in [-0.3, -0.25) is 4.79 Å². The molecule has 2 bridgehead atoms. The van der Waals surface area contributed by atoms with Crippen molar-refractivity contribution in [2.24, 2.45) is 23.7 Å². The van der Waals surface area contributed by atoms with Crippen LogP contribution in [0.5, 0.6) is 0 Å². The van der Waals surface area contributed by atoms with Crippen LogP contribution in [0.2, 0.25) is 0 Å². The third-order valence-electron chi connectivity index (χ3n) is 9.07. The van der Waals surface area contributed by atoms with Crippen LogP contribution in [0.4, 0.5) is 5.69 Å². The molecule has 5 fully saturated rings. The van der Waals surface area contributed by atoms with Gasteiger partial charge in [0, 0.05) is 34.2 Å². The summed E-state index contributed by atoms with van der Waals surface area (Å²) in [6.07, 6.45) is 4.62. The zero-order valence-electron chi connectivity index (χ0n) is 21.9. The molecule has 5 aliphatic rings. The number of amides is 1. The molecule has 0 aromatic heterocycles. The van der Waals surface area contributed by atoms with Crippen molar-refractivity contribution >= 4 is 23.4 Å². The first-order chi connectivity index (χ1) is 17.9. The molecule has 1 amide bonds. The van der Waals surface area contributed by atoms with Crippen LogP contribution in [-0.2, 0) is 24.0 Å². The molecule has 1 saturated carbocycles. The standard InChI is InChI=1S/C30H37NO5S/c1-19-9-14-25-20(2)26(33-28-30(25)24(19)17-18-29(3,34-28)35-36-30)15-16-27(32)31-21-10-12-23(13-11-21)37-22-7-5-4-6-8-22/h4-8,10-13,19-20,24-26,28H,9,14-18H2,1-3H3,(H,31,32)/t19-,20-,24+,25+,26-,28-,29-,30-/m1/s1. The molecule has 0 radical (unpaired) electrons. The van der Waals surface area contributed by atoms with E-state index in [2.05, 4.69) is 31.3 Å². The van der Waals surface area contributed by atoms with Gasteiger partial charge in [0.25, 0.3) is 0 Å². The molecule has 198 valence electrons. The molecular weight excluding hydrogens is 486 g/mol. The average molecular weight is 524 g/mol. The van der Waals surface area contributed by atoms with Gasteiger partial charge in [0.2, 0.25) is 11.7 Å². The highest BCUT2D eigenvalue weighted by Gasteiger charge is 2.69. The van der Waals surface area contributed by atoms with Crippen molar-refractivity contribution in [3.05, 3.63) is 54.6 Å². The van der Waals surface area contributed by atoms with Crippen molar-refractivity contribution in [2.45, 2.75) is 92.9 Å². The molecular formula is C30H37NO5S. The Kier molecular flexibility index (Phi) is 6.87. The Hall–Kier alpha value is -1.90. The second kappa shape index (κ2) is 10.0. The predicted octanol–water partition coefficient (Wildman–Crippen LogP) is 6.81. The largest absolute Gasteiger partial charge is 0.346 e. The van der Waals surface area contributed by atoms with E-state index in [0.29, 0.717) is 24.7 Å². The third-order valence-corrected chi connectivity index (χ3v) is 10.1.